The van der Waals surface area contributed by atoms with Crippen molar-refractivity contribution in [1.82, 2.24) is 15.1 Å². The van der Waals surface area contributed by atoms with Gasteiger partial charge in [-0.3, -0.25) is 4.90 Å². The summed E-state index contributed by atoms with van der Waals surface area (Å²) >= 11 is 0. The van der Waals surface area contributed by atoms with Crippen LogP contribution in [0.2, 0.25) is 0 Å². The quantitative estimate of drug-likeness (QED) is 0.602. The summed E-state index contributed by atoms with van der Waals surface area (Å²) in [7, 11) is 0. The van der Waals surface area contributed by atoms with Gasteiger partial charge in [-0.25, -0.2) is 0 Å². The van der Waals surface area contributed by atoms with Crippen LogP contribution < -0.4 is 5.32 Å². The highest BCUT2D eigenvalue weighted by Gasteiger charge is 2.15. The normalized spacial score (nSPS) is 19.5. The van der Waals surface area contributed by atoms with Gasteiger partial charge >= 0.3 is 0 Å². The molecule has 1 aliphatic rings. The molecule has 96 valence electrons. The molecule has 0 aliphatic carbocycles. The van der Waals surface area contributed by atoms with E-state index in [0.717, 1.165) is 39.3 Å². The number of rotatable bonds is 7. The molecular weight excluding hydrogens is 202 g/mol. The molecule has 0 amide bonds. The van der Waals surface area contributed by atoms with Gasteiger partial charge in [-0.05, 0) is 19.5 Å². The topological polar surface area (TPSA) is 38.7 Å². The van der Waals surface area contributed by atoms with Crippen LogP contribution in [0.1, 0.15) is 20.3 Å². The minimum Gasteiger partial charge on any atom is -0.395 e. The van der Waals surface area contributed by atoms with E-state index in [1.54, 1.807) is 0 Å². The van der Waals surface area contributed by atoms with Gasteiger partial charge in [-0.15, -0.1) is 0 Å². The summed E-state index contributed by atoms with van der Waals surface area (Å²) in [5, 5.41) is 12.3. The number of hydrogen-bond donors (Lipinski definition) is 2. The van der Waals surface area contributed by atoms with Crippen molar-refractivity contribution in [2.75, 3.05) is 52.4 Å². The smallest absolute Gasteiger partial charge is 0.0558 e. The van der Waals surface area contributed by atoms with Crippen molar-refractivity contribution in [2.45, 2.75) is 26.3 Å². The largest absolute Gasteiger partial charge is 0.395 e. The van der Waals surface area contributed by atoms with Crippen LogP contribution in [0.25, 0.3) is 0 Å². The molecule has 0 radical (unpaired) electrons. The third-order valence-electron chi connectivity index (χ3n) is 3.08. The zero-order valence-corrected chi connectivity index (χ0v) is 10.8. The van der Waals surface area contributed by atoms with Crippen LogP contribution in [0, 0.1) is 0 Å². The lowest BCUT2D eigenvalue weighted by Crippen LogP contribution is -2.47. The Morgan fingerprint density at radius 1 is 1.06 bits per heavy atom. The van der Waals surface area contributed by atoms with Crippen molar-refractivity contribution in [3.8, 4) is 0 Å². The van der Waals surface area contributed by atoms with Gasteiger partial charge in [-0.1, -0.05) is 13.8 Å². The van der Waals surface area contributed by atoms with Gasteiger partial charge in [-0.2, -0.15) is 0 Å². The van der Waals surface area contributed by atoms with Crippen molar-refractivity contribution in [2.24, 2.45) is 0 Å². The number of hydrogen-bond acceptors (Lipinski definition) is 4. The fraction of sp³-hybridized carbons (Fsp3) is 1.00. The molecule has 4 nitrogen and oxygen atoms in total. The minimum absolute atomic E-state index is 0.290. The van der Waals surface area contributed by atoms with Crippen LogP contribution >= 0.6 is 0 Å². The standard InChI is InChI=1S/C12H27N3O/c1-12(2)13-4-3-5-14-6-8-15(9-7-14)10-11-16/h12-13,16H,3-11H2,1-2H3. The lowest BCUT2D eigenvalue weighted by Gasteiger charge is -2.34. The van der Waals surface area contributed by atoms with Crippen molar-refractivity contribution in [1.29, 1.82) is 0 Å². The molecule has 0 spiro atoms. The summed E-state index contributed by atoms with van der Waals surface area (Å²) in [4.78, 5) is 4.86. The Balaban J connectivity index is 1.99. The van der Waals surface area contributed by atoms with Crippen molar-refractivity contribution in [3.05, 3.63) is 0 Å². The van der Waals surface area contributed by atoms with Gasteiger partial charge in [0.25, 0.3) is 0 Å². The molecule has 1 saturated heterocycles. The molecule has 1 aliphatic heterocycles. The Kier molecular flexibility index (Phi) is 6.96. The Hall–Kier alpha value is -0.160. The van der Waals surface area contributed by atoms with Crippen LogP contribution in [0.4, 0.5) is 0 Å². The van der Waals surface area contributed by atoms with E-state index in [0.29, 0.717) is 6.04 Å². The first kappa shape index (κ1) is 13.9. The maximum absolute atomic E-state index is 8.85. The Morgan fingerprint density at radius 3 is 2.12 bits per heavy atom. The highest BCUT2D eigenvalue weighted by atomic mass is 16.3. The molecule has 0 atom stereocenters. The van der Waals surface area contributed by atoms with Gasteiger partial charge in [0, 0.05) is 38.8 Å². The number of nitrogens with zero attached hydrogens (tertiary/aromatic N) is 2. The van der Waals surface area contributed by atoms with Gasteiger partial charge in [0.15, 0.2) is 0 Å². The molecule has 4 heteroatoms. The summed E-state index contributed by atoms with van der Waals surface area (Å²) in [6.07, 6.45) is 1.23. The average molecular weight is 229 g/mol. The molecule has 0 aromatic heterocycles. The minimum atomic E-state index is 0.290. The van der Waals surface area contributed by atoms with Crippen molar-refractivity contribution in [3.63, 3.8) is 0 Å². The van der Waals surface area contributed by atoms with E-state index in [-0.39, 0.29) is 6.61 Å². The van der Waals surface area contributed by atoms with E-state index in [9.17, 15) is 0 Å². The molecular formula is C12H27N3O. The van der Waals surface area contributed by atoms with Crippen LogP contribution in [-0.2, 0) is 0 Å². The zero-order chi connectivity index (χ0) is 11.8. The lowest BCUT2D eigenvalue weighted by atomic mass is 10.3. The third-order valence-corrected chi connectivity index (χ3v) is 3.08. The first-order chi connectivity index (χ1) is 7.72. The third kappa shape index (κ3) is 5.80. The summed E-state index contributed by atoms with van der Waals surface area (Å²) in [6, 6.07) is 0.599. The van der Waals surface area contributed by atoms with Crippen LogP contribution in [0.5, 0.6) is 0 Å². The van der Waals surface area contributed by atoms with Crippen molar-refractivity contribution < 1.29 is 5.11 Å². The second-order valence-corrected chi connectivity index (χ2v) is 4.87. The summed E-state index contributed by atoms with van der Waals surface area (Å²) < 4.78 is 0. The average Bonchev–Trinajstić information content (AvgIpc) is 2.27. The van der Waals surface area contributed by atoms with E-state index in [2.05, 4.69) is 29.0 Å². The Morgan fingerprint density at radius 2 is 1.62 bits per heavy atom. The molecule has 0 aromatic carbocycles. The number of β-amino-alcohol motifs (C(OH)–C–C–N with tert-alkyl or cyclic N) is 1. The molecule has 0 saturated carbocycles. The molecule has 0 bridgehead atoms. The fourth-order valence-corrected chi connectivity index (χ4v) is 2.07. The molecule has 16 heavy (non-hydrogen) atoms. The summed E-state index contributed by atoms with van der Waals surface area (Å²) in [5.74, 6) is 0. The van der Waals surface area contributed by atoms with Gasteiger partial charge in [0.1, 0.15) is 0 Å². The summed E-state index contributed by atoms with van der Waals surface area (Å²) in [5.41, 5.74) is 0. The maximum atomic E-state index is 8.85. The predicted octanol–water partition coefficient (Wildman–Crippen LogP) is -0.0156. The number of piperazine rings is 1. The molecule has 0 aromatic rings. The summed E-state index contributed by atoms with van der Waals surface area (Å²) in [6.45, 7) is 12.4. The van der Waals surface area contributed by atoms with Crippen LogP contribution in [-0.4, -0.2) is 73.4 Å². The fourth-order valence-electron chi connectivity index (χ4n) is 2.07. The van der Waals surface area contributed by atoms with E-state index >= 15 is 0 Å². The second-order valence-electron chi connectivity index (χ2n) is 4.87. The predicted molar refractivity (Wildman–Crippen MR) is 67.7 cm³/mol. The van der Waals surface area contributed by atoms with E-state index in [1.165, 1.54) is 13.0 Å². The maximum Gasteiger partial charge on any atom is 0.0558 e. The molecule has 2 N–H and O–H groups in total. The lowest BCUT2D eigenvalue weighted by molar-refractivity contribution is 0.112. The van der Waals surface area contributed by atoms with E-state index in [4.69, 9.17) is 5.11 Å². The molecule has 0 unspecified atom stereocenters. The first-order valence-corrected chi connectivity index (χ1v) is 6.51. The van der Waals surface area contributed by atoms with Crippen LogP contribution in [0.3, 0.4) is 0 Å². The molecule has 1 fully saturated rings. The SMILES string of the molecule is CC(C)NCCCN1CCN(CCO)CC1. The van der Waals surface area contributed by atoms with Gasteiger partial charge in [0.05, 0.1) is 6.61 Å². The van der Waals surface area contributed by atoms with E-state index < -0.39 is 0 Å². The van der Waals surface area contributed by atoms with E-state index in [1.807, 2.05) is 0 Å². The van der Waals surface area contributed by atoms with Gasteiger partial charge < -0.3 is 15.3 Å². The second kappa shape index (κ2) is 8.01. The number of aliphatic hydroxyl groups excluding tert-OH is 1. The Bertz CT molecular complexity index is 168. The molecule has 1 heterocycles. The monoisotopic (exact) mass is 229 g/mol. The van der Waals surface area contributed by atoms with Crippen LogP contribution in [0.15, 0.2) is 0 Å². The molecule has 1 rings (SSSR count). The number of nitrogens with one attached hydrogen (secondary N) is 1. The Labute approximate surface area is 99.6 Å². The van der Waals surface area contributed by atoms with Gasteiger partial charge in [0.2, 0.25) is 0 Å². The van der Waals surface area contributed by atoms with Crippen molar-refractivity contribution >= 4 is 0 Å². The highest BCUT2D eigenvalue weighted by molar-refractivity contribution is 4.71. The zero-order valence-electron chi connectivity index (χ0n) is 10.8. The highest BCUT2D eigenvalue weighted by Crippen LogP contribution is 2.01. The number of aliphatic hydroxyl groups is 1. The first-order valence-electron chi connectivity index (χ1n) is 6.51.